The monoisotopic (exact) mass is 443 g/mol. The molecule has 1 aromatic rings. The van der Waals surface area contributed by atoms with Gasteiger partial charge in [-0.05, 0) is 49.7 Å². The summed E-state index contributed by atoms with van der Waals surface area (Å²) in [7, 11) is 1.72. The predicted octanol–water partition coefficient (Wildman–Crippen LogP) is 2.67. The van der Waals surface area contributed by atoms with Gasteiger partial charge in [-0.25, -0.2) is 0 Å². The van der Waals surface area contributed by atoms with Crippen LogP contribution in [0.2, 0.25) is 0 Å². The van der Waals surface area contributed by atoms with Crippen LogP contribution in [0.15, 0.2) is 24.3 Å². The summed E-state index contributed by atoms with van der Waals surface area (Å²) in [5, 5.41) is 0. The molecule has 1 amide bonds. The lowest BCUT2D eigenvalue weighted by Gasteiger charge is -2.35. The topological polar surface area (TPSA) is 58.8 Å². The summed E-state index contributed by atoms with van der Waals surface area (Å²) < 4.78 is 5.44. The van der Waals surface area contributed by atoms with Crippen LogP contribution >= 0.6 is 24.8 Å². The van der Waals surface area contributed by atoms with Gasteiger partial charge in [0.25, 0.3) is 0 Å². The molecular formula is C22H35Cl2N3O2. The van der Waals surface area contributed by atoms with Gasteiger partial charge >= 0.3 is 0 Å². The van der Waals surface area contributed by atoms with E-state index in [0.717, 1.165) is 64.7 Å². The van der Waals surface area contributed by atoms with Crippen LogP contribution in [0.5, 0.6) is 0 Å². The number of halogens is 2. The number of benzene rings is 1. The van der Waals surface area contributed by atoms with Crippen molar-refractivity contribution in [1.29, 1.82) is 0 Å². The van der Waals surface area contributed by atoms with Crippen molar-refractivity contribution < 1.29 is 9.53 Å². The number of carbonyl (C=O) groups is 1. The van der Waals surface area contributed by atoms with E-state index < -0.39 is 0 Å². The molecule has 7 heteroatoms. The maximum absolute atomic E-state index is 13.1. The number of methoxy groups -OCH3 is 1. The Morgan fingerprint density at radius 2 is 1.72 bits per heavy atom. The molecule has 164 valence electrons. The Bertz CT molecular complexity index is 650. The highest BCUT2D eigenvalue weighted by atomic mass is 35.5. The van der Waals surface area contributed by atoms with Crippen molar-refractivity contribution in [3.63, 3.8) is 0 Å². The van der Waals surface area contributed by atoms with Gasteiger partial charge < -0.3 is 15.4 Å². The Balaban J connectivity index is 0.00000150. The second-order valence-corrected chi connectivity index (χ2v) is 8.49. The zero-order chi connectivity index (χ0) is 18.8. The molecule has 5 nitrogen and oxygen atoms in total. The zero-order valence-corrected chi connectivity index (χ0v) is 18.9. The molecule has 2 N–H and O–H groups in total. The number of hydrogen-bond acceptors (Lipinski definition) is 4. The lowest BCUT2D eigenvalue weighted by atomic mass is 9.83. The van der Waals surface area contributed by atoms with Gasteiger partial charge in [0, 0.05) is 51.3 Å². The quantitative estimate of drug-likeness (QED) is 0.779. The fourth-order valence-electron chi connectivity index (χ4n) is 5.27. The number of nitrogens with zero attached hydrogens (tertiary/aromatic N) is 2. The molecule has 1 aliphatic heterocycles. The summed E-state index contributed by atoms with van der Waals surface area (Å²) in [5.74, 6) is 0.394. The second kappa shape index (κ2) is 11.0. The molecule has 3 aliphatic rings. The van der Waals surface area contributed by atoms with Gasteiger partial charge in [-0.15, -0.1) is 24.8 Å². The molecule has 4 rings (SSSR count). The Kier molecular flexibility index (Phi) is 9.23. The van der Waals surface area contributed by atoms with E-state index in [4.69, 9.17) is 10.5 Å². The van der Waals surface area contributed by atoms with Crippen molar-refractivity contribution in [3.05, 3.63) is 35.4 Å². The van der Waals surface area contributed by atoms with Crippen molar-refractivity contribution in [1.82, 2.24) is 9.80 Å². The van der Waals surface area contributed by atoms with Gasteiger partial charge in [-0.2, -0.15) is 0 Å². The number of carbonyl (C=O) groups excluding carboxylic acids is 1. The van der Waals surface area contributed by atoms with E-state index in [1.807, 2.05) is 0 Å². The molecule has 1 aromatic carbocycles. The Morgan fingerprint density at radius 1 is 1.03 bits per heavy atom. The standard InChI is InChI=1S/C22H33N3O2.2ClH/c1-27-21-8-7-18(15-20(21)23)22(26)25-10-4-9-24(11-12-25)19-13-16-5-2-3-6-17(16)14-19;;/h2-3,5-6,18-21H,4,7-15,23H2,1H3;2*1H/t18-,20+,21+;;/m0../s1. The van der Waals surface area contributed by atoms with Gasteiger partial charge in [0.15, 0.2) is 0 Å². The van der Waals surface area contributed by atoms with Gasteiger partial charge in [0.1, 0.15) is 0 Å². The minimum absolute atomic E-state index is 0. The number of ether oxygens (including phenoxy) is 1. The van der Waals surface area contributed by atoms with E-state index in [9.17, 15) is 4.79 Å². The molecule has 0 aromatic heterocycles. The van der Waals surface area contributed by atoms with Crippen molar-refractivity contribution in [3.8, 4) is 0 Å². The number of amides is 1. The predicted molar refractivity (Wildman–Crippen MR) is 121 cm³/mol. The second-order valence-electron chi connectivity index (χ2n) is 8.49. The summed E-state index contributed by atoms with van der Waals surface area (Å²) in [4.78, 5) is 17.8. The van der Waals surface area contributed by atoms with E-state index in [2.05, 4.69) is 34.1 Å². The third-order valence-corrected chi connectivity index (χ3v) is 6.87. The Morgan fingerprint density at radius 3 is 2.34 bits per heavy atom. The molecule has 1 saturated heterocycles. The highest BCUT2D eigenvalue weighted by Gasteiger charge is 2.35. The zero-order valence-electron chi connectivity index (χ0n) is 17.3. The van der Waals surface area contributed by atoms with Gasteiger partial charge in [-0.1, -0.05) is 24.3 Å². The highest BCUT2D eigenvalue weighted by Crippen LogP contribution is 2.29. The average molecular weight is 444 g/mol. The summed E-state index contributed by atoms with van der Waals surface area (Å²) in [6, 6.07) is 9.41. The van der Waals surface area contributed by atoms with Gasteiger partial charge in [0.2, 0.25) is 5.91 Å². The SMILES string of the molecule is CO[C@@H]1CC[C@H](C(=O)N2CCCN(C3Cc4ccccc4C3)CC2)C[C@H]1N.Cl.Cl. The molecule has 1 saturated carbocycles. The highest BCUT2D eigenvalue weighted by molar-refractivity contribution is 5.85. The maximum Gasteiger partial charge on any atom is 0.225 e. The van der Waals surface area contributed by atoms with Crippen LogP contribution in [-0.4, -0.2) is 67.2 Å². The third-order valence-electron chi connectivity index (χ3n) is 6.87. The molecule has 0 bridgehead atoms. The minimum Gasteiger partial charge on any atom is -0.380 e. The minimum atomic E-state index is -0.0156. The molecule has 0 unspecified atom stereocenters. The molecular weight excluding hydrogens is 409 g/mol. The van der Waals surface area contributed by atoms with Crippen molar-refractivity contribution >= 4 is 30.7 Å². The first-order valence-corrected chi connectivity index (χ1v) is 10.5. The molecule has 2 fully saturated rings. The average Bonchev–Trinajstić information content (AvgIpc) is 2.97. The summed E-state index contributed by atoms with van der Waals surface area (Å²) in [5.41, 5.74) is 9.23. The number of nitrogens with two attached hydrogens (primary N) is 1. The van der Waals surface area contributed by atoms with Crippen LogP contribution in [0.4, 0.5) is 0 Å². The van der Waals surface area contributed by atoms with Crippen LogP contribution in [0.1, 0.15) is 36.8 Å². The molecule has 0 spiro atoms. The van der Waals surface area contributed by atoms with Crippen LogP contribution in [0.25, 0.3) is 0 Å². The first-order valence-electron chi connectivity index (χ1n) is 10.5. The van der Waals surface area contributed by atoms with E-state index in [1.165, 1.54) is 11.1 Å². The number of fused-ring (bicyclic) bond motifs is 1. The van der Waals surface area contributed by atoms with Crippen LogP contribution in [-0.2, 0) is 22.4 Å². The van der Waals surface area contributed by atoms with Crippen LogP contribution in [0.3, 0.4) is 0 Å². The fraction of sp³-hybridized carbons (Fsp3) is 0.682. The third kappa shape index (κ3) is 5.45. The van der Waals surface area contributed by atoms with Crippen LogP contribution in [0, 0.1) is 5.92 Å². The first-order chi connectivity index (χ1) is 13.2. The normalized spacial score (nSPS) is 28.1. The van der Waals surface area contributed by atoms with Crippen molar-refractivity contribution in [2.45, 2.75) is 56.7 Å². The lowest BCUT2D eigenvalue weighted by Crippen LogP contribution is -2.47. The molecule has 3 atom stereocenters. The maximum atomic E-state index is 13.1. The lowest BCUT2D eigenvalue weighted by molar-refractivity contribution is -0.137. The number of hydrogen-bond donors (Lipinski definition) is 1. The largest absolute Gasteiger partial charge is 0.380 e. The fourth-order valence-corrected chi connectivity index (χ4v) is 5.27. The van der Waals surface area contributed by atoms with Crippen LogP contribution < -0.4 is 5.73 Å². The van der Waals surface area contributed by atoms with E-state index in [0.29, 0.717) is 11.9 Å². The molecule has 1 heterocycles. The smallest absolute Gasteiger partial charge is 0.225 e. The molecule has 29 heavy (non-hydrogen) atoms. The summed E-state index contributed by atoms with van der Waals surface area (Å²) >= 11 is 0. The van der Waals surface area contributed by atoms with Crippen molar-refractivity contribution in [2.24, 2.45) is 11.7 Å². The van der Waals surface area contributed by atoms with E-state index in [1.54, 1.807) is 7.11 Å². The van der Waals surface area contributed by atoms with Gasteiger partial charge in [-0.3, -0.25) is 9.69 Å². The summed E-state index contributed by atoms with van der Waals surface area (Å²) in [6.07, 6.45) is 6.04. The van der Waals surface area contributed by atoms with E-state index >= 15 is 0 Å². The van der Waals surface area contributed by atoms with Gasteiger partial charge in [0.05, 0.1) is 6.10 Å². The van der Waals surface area contributed by atoms with Crippen molar-refractivity contribution in [2.75, 3.05) is 33.3 Å². The number of rotatable bonds is 3. The molecule has 0 radical (unpaired) electrons. The van der Waals surface area contributed by atoms with E-state index in [-0.39, 0.29) is 42.9 Å². The first kappa shape index (κ1) is 24.4. The summed E-state index contributed by atoms with van der Waals surface area (Å²) in [6.45, 7) is 3.82. The Hall–Kier alpha value is -0.850. The molecule has 2 aliphatic carbocycles. The Labute approximate surface area is 187 Å².